The minimum atomic E-state index is -0.641. The van der Waals surface area contributed by atoms with Crippen LogP contribution >= 0.6 is 31.9 Å². The molecule has 2 aromatic carbocycles. The van der Waals surface area contributed by atoms with Gasteiger partial charge in [0, 0.05) is 15.4 Å². The van der Waals surface area contributed by atoms with Gasteiger partial charge >= 0.3 is 0 Å². The lowest BCUT2D eigenvalue weighted by Gasteiger charge is -2.16. The van der Waals surface area contributed by atoms with E-state index in [4.69, 9.17) is 9.47 Å². The Kier molecular flexibility index (Phi) is 5.67. The van der Waals surface area contributed by atoms with Crippen molar-refractivity contribution in [3.8, 4) is 11.5 Å². The standard InChI is InChI=1S/C16H16Br2O3/c1-20-11-3-5-14(17)10(7-11)8-16(19)13-9-12(21-2)4-6-15(13)18/h3-7,9,16,19H,8H2,1-2H3. The van der Waals surface area contributed by atoms with Gasteiger partial charge in [-0.15, -0.1) is 0 Å². The smallest absolute Gasteiger partial charge is 0.119 e. The average molecular weight is 416 g/mol. The van der Waals surface area contributed by atoms with E-state index < -0.39 is 6.10 Å². The molecule has 2 aromatic rings. The Bertz CT molecular complexity index is 629. The van der Waals surface area contributed by atoms with Crippen molar-refractivity contribution in [3.63, 3.8) is 0 Å². The first-order chi connectivity index (χ1) is 10.0. The number of halogens is 2. The Labute approximate surface area is 141 Å². The number of methoxy groups -OCH3 is 2. The number of hydrogen-bond acceptors (Lipinski definition) is 3. The second kappa shape index (κ2) is 7.29. The van der Waals surface area contributed by atoms with Gasteiger partial charge in [0.25, 0.3) is 0 Å². The Hall–Kier alpha value is -1.04. The van der Waals surface area contributed by atoms with Crippen LogP contribution in [0, 0.1) is 0 Å². The third kappa shape index (κ3) is 3.99. The fourth-order valence-corrected chi connectivity index (χ4v) is 2.98. The summed E-state index contributed by atoms with van der Waals surface area (Å²) in [5, 5.41) is 10.5. The van der Waals surface area contributed by atoms with Gasteiger partial charge in [0.2, 0.25) is 0 Å². The highest BCUT2D eigenvalue weighted by Crippen LogP contribution is 2.32. The Morgan fingerprint density at radius 2 is 1.52 bits per heavy atom. The quantitative estimate of drug-likeness (QED) is 0.780. The first-order valence-electron chi connectivity index (χ1n) is 6.39. The zero-order valence-corrected chi connectivity index (χ0v) is 14.9. The molecule has 21 heavy (non-hydrogen) atoms. The topological polar surface area (TPSA) is 38.7 Å². The van der Waals surface area contributed by atoms with Gasteiger partial charge < -0.3 is 14.6 Å². The van der Waals surface area contributed by atoms with Crippen LogP contribution in [0.4, 0.5) is 0 Å². The van der Waals surface area contributed by atoms with E-state index in [0.29, 0.717) is 6.42 Å². The summed E-state index contributed by atoms with van der Waals surface area (Å²) < 4.78 is 12.2. The van der Waals surface area contributed by atoms with Crippen molar-refractivity contribution in [2.45, 2.75) is 12.5 Å². The Morgan fingerprint density at radius 1 is 0.952 bits per heavy atom. The zero-order valence-electron chi connectivity index (χ0n) is 11.8. The van der Waals surface area contributed by atoms with Crippen molar-refractivity contribution in [1.29, 1.82) is 0 Å². The van der Waals surface area contributed by atoms with E-state index in [-0.39, 0.29) is 0 Å². The van der Waals surface area contributed by atoms with Crippen LogP contribution in [0.25, 0.3) is 0 Å². The molecule has 0 aliphatic carbocycles. The van der Waals surface area contributed by atoms with Crippen LogP contribution in [0.1, 0.15) is 17.2 Å². The van der Waals surface area contributed by atoms with E-state index in [1.54, 1.807) is 14.2 Å². The number of aliphatic hydroxyl groups excluding tert-OH is 1. The molecule has 0 aliphatic heterocycles. The highest BCUT2D eigenvalue weighted by molar-refractivity contribution is 9.10. The van der Waals surface area contributed by atoms with Gasteiger partial charge in [-0.2, -0.15) is 0 Å². The maximum absolute atomic E-state index is 10.5. The van der Waals surface area contributed by atoms with Crippen LogP contribution in [0.15, 0.2) is 45.3 Å². The Balaban J connectivity index is 2.27. The van der Waals surface area contributed by atoms with Gasteiger partial charge in [0.05, 0.1) is 20.3 Å². The van der Waals surface area contributed by atoms with E-state index in [1.807, 2.05) is 36.4 Å². The molecule has 0 heterocycles. The van der Waals surface area contributed by atoms with Gasteiger partial charge in [-0.25, -0.2) is 0 Å². The molecule has 0 spiro atoms. The van der Waals surface area contributed by atoms with Crippen molar-refractivity contribution in [2.75, 3.05) is 14.2 Å². The molecule has 5 heteroatoms. The third-order valence-electron chi connectivity index (χ3n) is 3.23. The highest BCUT2D eigenvalue weighted by Gasteiger charge is 2.15. The normalized spacial score (nSPS) is 12.0. The van der Waals surface area contributed by atoms with Crippen LogP contribution < -0.4 is 9.47 Å². The number of rotatable bonds is 5. The first kappa shape index (κ1) is 16.3. The number of benzene rings is 2. The van der Waals surface area contributed by atoms with E-state index in [1.165, 1.54) is 0 Å². The summed E-state index contributed by atoms with van der Waals surface area (Å²) >= 11 is 6.97. The van der Waals surface area contributed by atoms with Crippen molar-refractivity contribution < 1.29 is 14.6 Å². The summed E-state index contributed by atoms with van der Waals surface area (Å²) in [6.45, 7) is 0. The first-order valence-corrected chi connectivity index (χ1v) is 7.97. The van der Waals surface area contributed by atoms with Gasteiger partial charge in [0.15, 0.2) is 0 Å². The SMILES string of the molecule is COc1ccc(Br)c(CC(O)c2cc(OC)ccc2Br)c1. The van der Waals surface area contributed by atoms with Gasteiger partial charge in [-0.05, 0) is 47.5 Å². The molecule has 3 nitrogen and oxygen atoms in total. The van der Waals surface area contributed by atoms with Gasteiger partial charge in [0.1, 0.15) is 11.5 Å². The van der Waals surface area contributed by atoms with E-state index in [2.05, 4.69) is 31.9 Å². The van der Waals surface area contributed by atoms with Crippen LogP contribution in [0.3, 0.4) is 0 Å². The molecule has 0 aliphatic rings. The van der Waals surface area contributed by atoms with Crippen molar-refractivity contribution in [3.05, 3.63) is 56.5 Å². The number of hydrogen-bond donors (Lipinski definition) is 1. The van der Waals surface area contributed by atoms with Gasteiger partial charge in [-0.3, -0.25) is 0 Å². The van der Waals surface area contributed by atoms with Crippen LogP contribution in [-0.2, 0) is 6.42 Å². The van der Waals surface area contributed by atoms with Crippen molar-refractivity contribution in [1.82, 2.24) is 0 Å². The molecule has 0 saturated carbocycles. The van der Waals surface area contributed by atoms with Crippen molar-refractivity contribution in [2.24, 2.45) is 0 Å². The summed E-state index contributed by atoms with van der Waals surface area (Å²) in [6, 6.07) is 11.3. The molecule has 0 saturated heterocycles. The largest absolute Gasteiger partial charge is 0.497 e. The summed E-state index contributed by atoms with van der Waals surface area (Å²) in [5.41, 5.74) is 1.78. The minimum Gasteiger partial charge on any atom is -0.497 e. The predicted molar refractivity (Wildman–Crippen MR) is 90.1 cm³/mol. The summed E-state index contributed by atoms with van der Waals surface area (Å²) in [5.74, 6) is 1.49. The van der Waals surface area contributed by atoms with E-state index >= 15 is 0 Å². The number of ether oxygens (including phenoxy) is 2. The molecule has 1 unspecified atom stereocenters. The highest BCUT2D eigenvalue weighted by atomic mass is 79.9. The summed E-state index contributed by atoms with van der Waals surface area (Å²) in [6.07, 6.45) is -0.165. The second-order valence-corrected chi connectivity index (χ2v) is 6.27. The maximum atomic E-state index is 10.5. The Morgan fingerprint density at radius 3 is 2.14 bits per heavy atom. The molecule has 0 bridgehead atoms. The molecule has 0 radical (unpaired) electrons. The molecule has 0 fully saturated rings. The molecular weight excluding hydrogens is 400 g/mol. The number of aliphatic hydroxyl groups is 1. The molecule has 2 rings (SSSR count). The fraction of sp³-hybridized carbons (Fsp3) is 0.250. The van der Waals surface area contributed by atoms with Crippen LogP contribution in [-0.4, -0.2) is 19.3 Å². The lowest BCUT2D eigenvalue weighted by Crippen LogP contribution is -2.04. The molecule has 1 N–H and O–H groups in total. The fourth-order valence-electron chi connectivity index (χ4n) is 2.06. The monoisotopic (exact) mass is 414 g/mol. The zero-order chi connectivity index (χ0) is 15.4. The lowest BCUT2D eigenvalue weighted by atomic mass is 10.0. The van der Waals surface area contributed by atoms with Crippen LogP contribution in [0.5, 0.6) is 11.5 Å². The predicted octanol–water partition coefficient (Wildman–Crippen LogP) is 4.50. The molecule has 0 amide bonds. The molecule has 0 aromatic heterocycles. The summed E-state index contributed by atoms with van der Waals surface area (Å²) in [7, 11) is 3.24. The maximum Gasteiger partial charge on any atom is 0.119 e. The van der Waals surface area contributed by atoms with Gasteiger partial charge in [-0.1, -0.05) is 31.9 Å². The van der Waals surface area contributed by atoms with Crippen molar-refractivity contribution >= 4 is 31.9 Å². The van der Waals surface area contributed by atoms with E-state index in [0.717, 1.165) is 31.6 Å². The summed E-state index contributed by atoms with van der Waals surface area (Å²) in [4.78, 5) is 0. The lowest BCUT2D eigenvalue weighted by molar-refractivity contribution is 0.177. The van der Waals surface area contributed by atoms with Crippen LogP contribution in [0.2, 0.25) is 0 Å². The molecular formula is C16H16Br2O3. The van der Waals surface area contributed by atoms with E-state index in [9.17, 15) is 5.11 Å². The molecule has 112 valence electrons. The average Bonchev–Trinajstić information content (AvgIpc) is 2.49. The third-order valence-corrected chi connectivity index (χ3v) is 4.72. The molecule has 1 atom stereocenters. The minimum absolute atomic E-state index is 0.476. The second-order valence-electron chi connectivity index (χ2n) is 4.56.